The second kappa shape index (κ2) is 5.93. The van der Waals surface area contributed by atoms with Crippen molar-refractivity contribution in [1.82, 2.24) is 9.88 Å². The van der Waals surface area contributed by atoms with Gasteiger partial charge in [0.25, 0.3) is 5.91 Å². The summed E-state index contributed by atoms with van der Waals surface area (Å²) < 4.78 is 0. The number of hydrogen-bond donors (Lipinski definition) is 0. The Kier molecular flexibility index (Phi) is 4.51. The molecule has 2 heterocycles. The first-order valence-electron chi connectivity index (χ1n) is 6.10. The molecule has 0 N–H and O–H groups in total. The first kappa shape index (κ1) is 13.7. The van der Waals surface area contributed by atoms with Gasteiger partial charge in [0.1, 0.15) is 5.15 Å². The average Bonchev–Trinajstić information content (AvgIpc) is 2.39. The summed E-state index contributed by atoms with van der Waals surface area (Å²) in [6.07, 6.45) is 1.55. The summed E-state index contributed by atoms with van der Waals surface area (Å²) in [5, 5.41) is 0.948. The van der Waals surface area contributed by atoms with Gasteiger partial charge in [-0.2, -0.15) is 11.8 Å². The zero-order valence-corrected chi connectivity index (χ0v) is 12.2. The van der Waals surface area contributed by atoms with Crippen molar-refractivity contribution in [3.63, 3.8) is 0 Å². The maximum atomic E-state index is 12.3. The topological polar surface area (TPSA) is 33.2 Å². The molecule has 0 radical (unpaired) electrons. The minimum Gasteiger partial charge on any atom is -0.337 e. The van der Waals surface area contributed by atoms with E-state index in [1.54, 1.807) is 18.3 Å². The fraction of sp³-hybridized carbons (Fsp3) is 0.538. The third kappa shape index (κ3) is 3.18. The summed E-state index contributed by atoms with van der Waals surface area (Å²) in [4.78, 5) is 18.2. The van der Waals surface area contributed by atoms with Crippen LogP contribution < -0.4 is 0 Å². The van der Waals surface area contributed by atoms with Gasteiger partial charge >= 0.3 is 0 Å². The smallest absolute Gasteiger partial charge is 0.255 e. The highest BCUT2D eigenvalue weighted by Crippen LogP contribution is 2.25. The molecule has 0 bridgehead atoms. The number of amides is 1. The van der Waals surface area contributed by atoms with Crippen LogP contribution in [0.4, 0.5) is 0 Å². The molecule has 1 aromatic heterocycles. The average molecular weight is 285 g/mol. The van der Waals surface area contributed by atoms with Crippen LogP contribution in [0.1, 0.15) is 24.2 Å². The number of carbonyl (C=O) groups is 1. The number of nitrogens with zero attached hydrogens (tertiary/aromatic N) is 2. The third-order valence-electron chi connectivity index (χ3n) is 3.10. The number of thioether (sulfide) groups is 1. The van der Waals surface area contributed by atoms with Gasteiger partial charge in [-0.25, -0.2) is 4.98 Å². The molecule has 0 aromatic carbocycles. The van der Waals surface area contributed by atoms with Gasteiger partial charge in [0, 0.05) is 30.3 Å². The van der Waals surface area contributed by atoms with E-state index in [2.05, 4.69) is 18.8 Å². The Labute approximate surface area is 117 Å². The summed E-state index contributed by atoms with van der Waals surface area (Å²) in [6.45, 7) is 6.05. The lowest BCUT2D eigenvalue weighted by atomic mass is 10.1. The molecule has 1 atom stereocenters. The van der Waals surface area contributed by atoms with Crippen molar-refractivity contribution >= 4 is 29.3 Å². The number of hydrogen-bond acceptors (Lipinski definition) is 3. The fourth-order valence-corrected chi connectivity index (χ4v) is 3.36. The van der Waals surface area contributed by atoms with Crippen molar-refractivity contribution in [3.8, 4) is 0 Å². The molecule has 1 aliphatic heterocycles. The SMILES string of the molecule is CC(C)C1CN(C(=O)c2ccc(Cl)nc2)CCS1. The number of halogens is 1. The number of aromatic nitrogens is 1. The minimum atomic E-state index is 0.0603. The van der Waals surface area contributed by atoms with E-state index in [1.165, 1.54) is 0 Å². The van der Waals surface area contributed by atoms with Gasteiger partial charge < -0.3 is 4.90 Å². The molecule has 0 spiro atoms. The molecule has 0 aliphatic carbocycles. The zero-order chi connectivity index (χ0) is 13.1. The van der Waals surface area contributed by atoms with Gasteiger partial charge in [0.2, 0.25) is 0 Å². The van der Waals surface area contributed by atoms with Crippen LogP contribution in [0.5, 0.6) is 0 Å². The molecule has 1 saturated heterocycles. The zero-order valence-electron chi connectivity index (χ0n) is 10.6. The summed E-state index contributed by atoms with van der Waals surface area (Å²) in [5.41, 5.74) is 0.619. The first-order chi connectivity index (χ1) is 8.58. The Bertz CT molecular complexity index is 422. The molecule has 0 saturated carbocycles. The normalized spacial score (nSPS) is 20.2. The Balaban J connectivity index is 2.06. The summed E-state index contributed by atoms with van der Waals surface area (Å²) in [7, 11) is 0. The van der Waals surface area contributed by atoms with E-state index >= 15 is 0 Å². The largest absolute Gasteiger partial charge is 0.337 e. The lowest BCUT2D eigenvalue weighted by molar-refractivity contribution is 0.0755. The standard InChI is InChI=1S/C13H17ClN2OS/c1-9(2)11-8-16(5-6-18-11)13(17)10-3-4-12(14)15-7-10/h3-4,7,9,11H,5-6,8H2,1-2H3. The van der Waals surface area contributed by atoms with Crippen molar-refractivity contribution < 1.29 is 4.79 Å². The van der Waals surface area contributed by atoms with Gasteiger partial charge in [-0.05, 0) is 18.1 Å². The molecule has 18 heavy (non-hydrogen) atoms. The van der Waals surface area contributed by atoms with Crippen LogP contribution in [-0.4, -0.2) is 39.9 Å². The van der Waals surface area contributed by atoms with Gasteiger partial charge in [0.05, 0.1) is 5.56 Å². The van der Waals surface area contributed by atoms with Gasteiger partial charge in [-0.3, -0.25) is 4.79 Å². The number of rotatable bonds is 2. The van der Waals surface area contributed by atoms with Crippen LogP contribution in [0, 0.1) is 5.92 Å². The molecule has 1 unspecified atom stereocenters. The highest BCUT2D eigenvalue weighted by Gasteiger charge is 2.26. The lowest BCUT2D eigenvalue weighted by Gasteiger charge is -2.34. The van der Waals surface area contributed by atoms with Crippen LogP contribution in [0.15, 0.2) is 18.3 Å². The second-order valence-electron chi connectivity index (χ2n) is 4.77. The van der Waals surface area contributed by atoms with E-state index in [-0.39, 0.29) is 5.91 Å². The van der Waals surface area contributed by atoms with Crippen molar-refractivity contribution in [2.75, 3.05) is 18.8 Å². The van der Waals surface area contributed by atoms with E-state index in [0.717, 1.165) is 18.8 Å². The fourth-order valence-electron chi connectivity index (χ4n) is 1.95. The molecule has 1 aliphatic rings. The monoisotopic (exact) mass is 284 g/mol. The van der Waals surface area contributed by atoms with Crippen molar-refractivity contribution in [2.24, 2.45) is 5.92 Å². The molecule has 1 aromatic rings. The second-order valence-corrected chi connectivity index (χ2v) is 6.51. The summed E-state index contributed by atoms with van der Waals surface area (Å²) in [6, 6.07) is 3.40. The summed E-state index contributed by atoms with van der Waals surface area (Å²) >= 11 is 7.69. The quantitative estimate of drug-likeness (QED) is 0.783. The van der Waals surface area contributed by atoms with Crippen LogP contribution in [0.25, 0.3) is 0 Å². The molecular formula is C13H17ClN2OS. The lowest BCUT2D eigenvalue weighted by Crippen LogP contribution is -2.43. The molecule has 5 heteroatoms. The van der Waals surface area contributed by atoms with Crippen molar-refractivity contribution in [2.45, 2.75) is 19.1 Å². The summed E-state index contributed by atoms with van der Waals surface area (Å²) in [5.74, 6) is 1.66. The van der Waals surface area contributed by atoms with E-state index in [4.69, 9.17) is 11.6 Å². The minimum absolute atomic E-state index is 0.0603. The highest BCUT2D eigenvalue weighted by atomic mass is 35.5. The number of carbonyl (C=O) groups excluding carboxylic acids is 1. The Hall–Kier alpha value is -0.740. The number of pyridine rings is 1. The Morgan fingerprint density at radius 3 is 2.94 bits per heavy atom. The molecule has 2 rings (SSSR count). The third-order valence-corrected chi connectivity index (χ3v) is 4.86. The molecule has 1 amide bonds. The van der Waals surface area contributed by atoms with E-state index in [0.29, 0.717) is 21.9 Å². The Morgan fingerprint density at radius 2 is 2.33 bits per heavy atom. The van der Waals surface area contributed by atoms with Gasteiger partial charge in [-0.1, -0.05) is 25.4 Å². The van der Waals surface area contributed by atoms with Crippen LogP contribution >= 0.6 is 23.4 Å². The predicted molar refractivity (Wildman–Crippen MR) is 76.2 cm³/mol. The van der Waals surface area contributed by atoms with Crippen LogP contribution in [0.2, 0.25) is 5.15 Å². The molecule has 3 nitrogen and oxygen atoms in total. The predicted octanol–water partition coefficient (Wildman–Crippen LogP) is 2.95. The molecule has 1 fully saturated rings. The van der Waals surface area contributed by atoms with E-state index in [1.807, 2.05) is 16.7 Å². The van der Waals surface area contributed by atoms with Gasteiger partial charge in [0.15, 0.2) is 0 Å². The van der Waals surface area contributed by atoms with Crippen molar-refractivity contribution in [1.29, 1.82) is 0 Å². The van der Waals surface area contributed by atoms with Gasteiger partial charge in [-0.15, -0.1) is 0 Å². The van der Waals surface area contributed by atoms with Crippen LogP contribution in [0.3, 0.4) is 0 Å². The van der Waals surface area contributed by atoms with Crippen LogP contribution in [-0.2, 0) is 0 Å². The van der Waals surface area contributed by atoms with E-state index in [9.17, 15) is 4.79 Å². The maximum Gasteiger partial charge on any atom is 0.255 e. The van der Waals surface area contributed by atoms with E-state index < -0.39 is 0 Å². The first-order valence-corrected chi connectivity index (χ1v) is 7.53. The Morgan fingerprint density at radius 1 is 1.56 bits per heavy atom. The highest BCUT2D eigenvalue weighted by molar-refractivity contribution is 8.00. The maximum absolute atomic E-state index is 12.3. The molecule has 98 valence electrons. The van der Waals surface area contributed by atoms with Crippen molar-refractivity contribution in [3.05, 3.63) is 29.0 Å². The molecular weight excluding hydrogens is 268 g/mol.